The monoisotopic (exact) mass is 394 g/mol. The third kappa shape index (κ3) is 3.50. The number of ether oxygens (including phenoxy) is 1. The van der Waals surface area contributed by atoms with E-state index in [1.165, 1.54) is 30.5 Å². The van der Waals surface area contributed by atoms with Gasteiger partial charge in [-0.2, -0.15) is 0 Å². The smallest absolute Gasteiger partial charge is 0.310 e. The molecule has 2 aliphatic heterocycles. The number of rotatable bonds is 3. The largest absolute Gasteiger partial charge is 0.462 e. The number of hydrogen-bond acceptors (Lipinski definition) is 4. The van der Waals surface area contributed by atoms with E-state index in [4.69, 9.17) is 4.74 Å². The third-order valence-electron chi connectivity index (χ3n) is 8.27. The summed E-state index contributed by atoms with van der Waals surface area (Å²) in [5.74, 6) is 1.05. The van der Waals surface area contributed by atoms with Crippen LogP contribution in [0.1, 0.15) is 39.0 Å². The van der Waals surface area contributed by atoms with Crippen molar-refractivity contribution in [1.29, 1.82) is 0 Å². The summed E-state index contributed by atoms with van der Waals surface area (Å²) >= 11 is 0. The zero-order valence-electron chi connectivity index (χ0n) is 17.7. The van der Waals surface area contributed by atoms with E-state index in [1.54, 1.807) is 0 Å². The van der Waals surface area contributed by atoms with Crippen LogP contribution >= 0.6 is 0 Å². The fourth-order valence-corrected chi connectivity index (χ4v) is 6.57. The number of allylic oxidation sites excluding steroid dienone is 1. The predicted octanol–water partition coefficient (Wildman–Crippen LogP) is 4.12. The topological polar surface area (TPSA) is 32.8 Å². The molecule has 0 spiro atoms. The van der Waals surface area contributed by atoms with Gasteiger partial charge in [0.15, 0.2) is 0 Å². The first-order valence-electron chi connectivity index (χ1n) is 11.4. The van der Waals surface area contributed by atoms with Crippen LogP contribution in [0.4, 0.5) is 5.69 Å². The molecule has 4 heteroatoms. The minimum Gasteiger partial charge on any atom is -0.462 e. The Morgan fingerprint density at radius 2 is 1.93 bits per heavy atom. The van der Waals surface area contributed by atoms with Gasteiger partial charge in [0.2, 0.25) is 0 Å². The molecule has 0 aromatic heterocycles. The van der Waals surface area contributed by atoms with Gasteiger partial charge in [-0.3, -0.25) is 9.69 Å². The van der Waals surface area contributed by atoms with Crippen molar-refractivity contribution < 1.29 is 9.53 Å². The Hall–Kier alpha value is -1.81. The molecule has 2 aliphatic carbocycles. The van der Waals surface area contributed by atoms with Gasteiger partial charge in [0.25, 0.3) is 0 Å². The molecule has 4 fully saturated rings. The van der Waals surface area contributed by atoms with Gasteiger partial charge in [0.1, 0.15) is 6.10 Å². The van der Waals surface area contributed by atoms with E-state index in [0.717, 1.165) is 45.6 Å². The number of nitrogens with zero attached hydrogens (tertiary/aromatic N) is 2. The fraction of sp³-hybridized carbons (Fsp3) is 0.640. The van der Waals surface area contributed by atoms with Gasteiger partial charge >= 0.3 is 5.97 Å². The number of carbonyl (C=O) groups excluding carboxylic acids is 1. The second-order valence-electron chi connectivity index (χ2n) is 10.0. The summed E-state index contributed by atoms with van der Waals surface area (Å²) in [4.78, 5) is 17.7. The Morgan fingerprint density at radius 1 is 1.17 bits per heavy atom. The van der Waals surface area contributed by atoms with Crippen molar-refractivity contribution in [3.8, 4) is 0 Å². The Morgan fingerprint density at radius 3 is 2.69 bits per heavy atom. The number of para-hydroxylation sites is 1. The summed E-state index contributed by atoms with van der Waals surface area (Å²) in [5, 5.41) is 0. The van der Waals surface area contributed by atoms with Crippen LogP contribution in [-0.2, 0) is 9.53 Å². The molecule has 4 nitrogen and oxygen atoms in total. The molecule has 5 rings (SSSR count). The molecule has 5 atom stereocenters. The summed E-state index contributed by atoms with van der Waals surface area (Å²) in [7, 11) is 0. The van der Waals surface area contributed by atoms with Crippen molar-refractivity contribution in [1.82, 2.24) is 4.90 Å². The lowest BCUT2D eigenvalue weighted by atomic mass is 9.55. The van der Waals surface area contributed by atoms with Crippen LogP contribution in [0.25, 0.3) is 0 Å². The lowest BCUT2D eigenvalue weighted by Gasteiger charge is -2.50. The second-order valence-corrected chi connectivity index (χ2v) is 10.0. The maximum absolute atomic E-state index is 12.8. The van der Waals surface area contributed by atoms with Crippen molar-refractivity contribution in [3.63, 3.8) is 0 Å². The third-order valence-corrected chi connectivity index (χ3v) is 8.27. The Balaban J connectivity index is 1.23. The van der Waals surface area contributed by atoms with Crippen LogP contribution < -0.4 is 4.90 Å². The van der Waals surface area contributed by atoms with E-state index in [-0.39, 0.29) is 23.4 Å². The highest BCUT2D eigenvalue weighted by Crippen LogP contribution is 2.56. The molecule has 4 aliphatic rings. The van der Waals surface area contributed by atoms with Gasteiger partial charge < -0.3 is 9.64 Å². The number of esters is 1. The fourth-order valence-electron chi connectivity index (χ4n) is 6.57. The summed E-state index contributed by atoms with van der Waals surface area (Å²) < 4.78 is 5.95. The molecule has 0 bridgehead atoms. The highest BCUT2D eigenvalue weighted by molar-refractivity contribution is 5.75. The maximum Gasteiger partial charge on any atom is 0.310 e. The first kappa shape index (κ1) is 19.2. The van der Waals surface area contributed by atoms with E-state index < -0.39 is 0 Å². The summed E-state index contributed by atoms with van der Waals surface area (Å²) in [6.07, 6.45) is 5.92. The number of carbonyl (C=O) groups is 1. The Bertz CT molecular complexity index is 770. The minimum atomic E-state index is 0.0440. The van der Waals surface area contributed by atoms with Gasteiger partial charge in [0, 0.05) is 44.3 Å². The SMILES string of the molecule is C=C1CCCC2(C)CC3OC(=O)C(CN4CCN(c5ccccc5)CC4)C3CC12. The summed E-state index contributed by atoms with van der Waals surface area (Å²) in [6, 6.07) is 10.6. The first-order chi connectivity index (χ1) is 14.0. The predicted molar refractivity (Wildman–Crippen MR) is 116 cm³/mol. The van der Waals surface area contributed by atoms with Crippen molar-refractivity contribution in [2.24, 2.45) is 23.2 Å². The Labute approximate surface area is 174 Å². The lowest BCUT2D eigenvalue weighted by molar-refractivity contribution is -0.146. The molecular weight excluding hydrogens is 360 g/mol. The van der Waals surface area contributed by atoms with Crippen LogP contribution in [0, 0.1) is 23.2 Å². The molecule has 0 N–H and O–H groups in total. The van der Waals surface area contributed by atoms with Crippen molar-refractivity contribution in [2.75, 3.05) is 37.6 Å². The zero-order valence-corrected chi connectivity index (χ0v) is 17.7. The quantitative estimate of drug-likeness (QED) is 0.570. The van der Waals surface area contributed by atoms with Crippen LogP contribution in [-0.4, -0.2) is 49.7 Å². The second kappa shape index (κ2) is 7.46. The molecule has 0 radical (unpaired) electrons. The van der Waals surface area contributed by atoms with E-state index >= 15 is 0 Å². The van der Waals surface area contributed by atoms with Crippen molar-refractivity contribution in [2.45, 2.75) is 45.1 Å². The van der Waals surface area contributed by atoms with E-state index in [9.17, 15) is 4.79 Å². The highest BCUT2D eigenvalue weighted by atomic mass is 16.6. The molecular formula is C25H34N2O2. The minimum absolute atomic E-state index is 0.0440. The van der Waals surface area contributed by atoms with E-state index in [0.29, 0.717) is 11.8 Å². The molecule has 5 unspecified atom stereocenters. The molecule has 2 saturated heterocycles. The average molecular weight is 395 g/mol. The van der Waals surface area contributed by atoms with Gasteiger partial charge in [-0.15, -0.1) is 0 Å². The van der Waals surface area contributed by atoms with E-state index in [1.807, 2.05) is 0 Å². The Kier molecular flexibility index (Phi) is 4.93. The highest BCUT2D eigenvalue weighted by Gasteiger charge is 2.55. The molecule has 29 heavy (non-hydrogen) atoms. The molecule has 156 valence electrons. The standard InChI is InChI=1S/C25H34N2O2/c1-18-7-6-10-25(2)16-23-20(15-22(18)25)21(24(28)29-23)17-26-11-13-27(14-12-26)19-8-4-3-5-9-19/h3-5,8-9,20-23H,1,6-7,10-17H2,2H3. The summed E-state index contributed by atoms with van der Waals surface area (Å²) in [5.41, 5.74) is 3.01. The average Bonchev–Trinajstić information content (AvgIpc) is 3.01. The van der Waals surface area contributed by atoms with Crippen LogP contribution in [0.15, 0.2) is 42.5 Å². The van der Waals surface area contributed by atoms with E-state index in [2.05, 4.69) is 53.6 Å². The van der Waals surface area contributed by atoms with Gasteiger partial charge in [-0.25, -0.2) is 0 Å². The number of piperazine rings is 1. The number of benzene rings is 1. The molecule has 1 aromatic carbocycles. The zero-order chi connectivity index (χ0) is 20.0. The van der Waals surface area contributed by atoms with Crippen molar-refractivity contribution in [3.05, 3.63) is 42.5 Å². The molecule has 2 saturated carbocycles. The maximum atomic E-state index is 12.8. The van der Waals surface area contributed by atoms with Crippen LogP contribution in [0.2, 0.25) is 0 Å². The number of fused-ring (bicyclic) bond motifs is 2. The van der Waals surface area contributed by atoms with Crippen LogP contribution in [0.5, 0.6) is 0 Å². The van der Waals surface area contributed by atoms with Gasteiger partial charge in [0.05, 0.1) is 5.92 Å². The van der Waals surface area contributed by atoms with Gasteiger partial charge in [-0.05, 0) is 55.6 Å². The first-order valence-corrected chi connectivity index (χ1v) is 11.4. The normalized spacial score (nSPS) is 37.8. The molecule has 1 aromatic rings. The van der Waals surface area contributed by atoms with Gasteiger partial charge in [-0.1, -0.05) is 37.3 Å². The number of anilines is 1. The van der Waals surface area contributed by atoms with Crippen molar-refractivity contribution >= 4 is 11.7 Å². The number of hydrogen-bond donors (Lipinski definition) is 0. The molecule has 2 heterocycles. The molecule has 0 amide bonds. The van der Waals surface area contributed by atoms with Crippen LogP contribution in [0.3, 0.4) is 0 Å². The summed E-state index contributed by atoms with van der Waals surface area (Å²) in [6.45, 7) is 11.8. The lowest BCUT2D eigenvalue weighted by Crippen LogP contribution is -2.50.